The summed E-state index contributed by atoms with van der Waals surface area (Å²) in [5, 5.41) is 2.89. The third-order valence-electron chi connectivity index (χ3n) is 2.18. The minimum Gasteiger partial charge on any atom is -0.380 e. The molecule has 88 valence electrons. The molecule has 0 aliphatic carbocycles. The van der Waals surface area contributed by atoms with Crippen LogP contribution in [-0.4, -0.2) is 13.0 Å². The van der Waals surface area contributed by atoms with Crippen molar-refractivity contribution in [2.24, 2.45) is 5.41 Å². The predicted molar refractivity (Wildman–Crippen MR) is 65.2 cm³/mol. The fourth-order valence-electron chi connectivity index (χ4n) is 1.22. The molecule has 0 aromatic heterocycles. The zero-order valence-corrected chi connectivity index (χ0v) is 10.3. The van der Waals surface area contributed by atoms with Gasteiger partial charge in [-0.25, -0.2) is 0 Å². The first-order valence-electron chi connectivity index (χ1n) is 5.33. The van der Waals surface area contributed by atoms with E-state index in [1.165, 1.54) is 0 Å². The maximum absolute atomic E-state index is 11.8. The van der Waals surface area contributed by atoms with Gasteiger partial charge < -0.3 is 10.1 Å². The monoisotopic (exact) mass is 221 g/mol. The number of benzene rings is 1. The molecule has 0 radical (unpaired) electrons. The van der Waals surface area contributed by atoms with E-state index in [0.29, 0.717) is 6.61 Å². The highest BCUT2D eigenvalue weighted by molar-refractivity contribution is 5.94. The highest BCUT2D eigenvalue weighted by atomic mass is 16.5. The predicted octanol–water partition coefficient (Wildman–Crippen LogP) is 2.82. The summed E-state index contributed by atoms with van der Waals surface area (Å²) in [6, 6.07) is 7.68. The van der Waals surface area contributed by atoms with Crippen LogP contribution in [0.15, 0.2) is 24.3 Å². The van der Waals surface area contributed by atoms with Gasteiger partial charge >= 0.3 is 0 Å². The van der Waals surface area contributed by atoms with Crippen LogP contribution in [-0.2, 0) is 16.1 Å². The van der Waals surface area contributed by atoms with E-state index in [4.69, 9.17) is 4.74 Å². The van der Waals surface area contributed by atoms with E-state index in [0.717, 1.165) is 11.3 Å². The molecule has 3 nitrogen and oxygen atoms in total. The summed E-state index contributed by atoms with van der Waals surface area (Å²) in [6.07, 6.45) is 0. The van der Waals surface area contributed by atoms with Crippen molar-refractivity contribution in [2.45, 2.75) is 27.4 Å². The molecule has 0 atom stereocenters. The van der Waals surface area contributed by atoms with Crippen LogP contribution in [0, 0.1) is 5.41 Å². The topological polar surface area (TPSA) is 38.3 Å². The quantitative estimate of drug-likeness (QED) is 0.852. The Bertz CT molecular complexity index is 366. The number of anilines is 1. The van der Waals surface area contributed by atoms with Gasteiger partial charge in [-0.05, 0) is 17.7 Å². The third kappa shape index (κ3) is 3.66. The largest absolute Gasteiger partial charge is 0.380 e. The van der Waals surface area contributed by atoms with Gasteiger partial charge in [-0.3, -0.25) is 4.79 Å². The van der Waals surface area contributed by atoms with Gasteiger partial charge in [-0.2, -0.15) is 0 Å². The maximum atomic E-state index is 11.8. The molecule has 3 heteroatoms. The van der Waals surface area contributed by atoms with Gasteiger partial charge in [0.1, 0.15) is 0 Å². The van der Waals surface area contributed by atoms with Crippen molar-refractivity contribution >= 4 is 11.6 Å². The van der Waals surface area contributed by atoms with Crippen molar-refractivity contribution in [2.75, 3.05) is 12.4 Å². The number of hydrogen-bond donors (Lipinski definition) is 1. The standard InChI is InChI=1S/C13H19NO2/c1-13(2,3)12(15)14-11-7-5-6-10(8-11)9-16-4/h5-8H,9H2,1-4H3,(H,14,15). The summed E-state index contributed by atoms with van der Waals surface area (Å²) in [6.45, 7) is 6.23. The fourth-order valence-corrected chi connectivity index (χ4v) is 1.22. The van der Waals surface area contributed by atoms with E-state index in [-0.39, 0.29) is 11.3 Å². The normalized spacial score (nSPS) is 11.2. The van der Waals surface area contributed by atoms with E-state index in [9.17, 15) is 4.79 Å². The number of carbonyl (C=O) groups excluding carboxylic acids is 1. The zero-order valence-electron chi connectivity index (χ0n) is 10.3. The molecule has 1 rings (SSSR count). The number of amides is 1. The van der Waals surface area contributed by atoms with E-state index in [2.05, 4.69) is 5.32 Å². The van der Waals surface area contributed by atoms with Gasteiger partial charge in [0, 0.05) is 18.2 Å². The molecule has 16 heavy (non-hydrogen) atoms. The highest BCUT2D eigenvalue weighted by Gasteiger charge is 2.20. The Kier molecular flexibility index (Phi) is 4.07. The van der Waals surface area contributed by atoms with Crippen LogP contribution in [0.1, 0.15) is 26.3 Å². The smallest absolute Gasteiger partial charge is 0.229 e. The highest BCUT2D eigenvalue weighted by Crippen LogP contribution is 2.18. The number of methoxy groups -OCH3 is 1. The molecular formula is C13H19NO2. The van der Waals surface area contributed by atoms with Crippen molar-refractivity contribution in [3.05, 3.63) is 29.8 Å². The number of nitrogens with one attached hydrogen (secondary N) is 1. The molecule has 0 unspecified atom stereocenters. The van der Waals surface area contributed by atoms with Crippen molar-refractivity contribution in [3.63, 3.8) is 0 Å². The van der Waals surface area contributed by atoms with Crippen LogP contribution in [0.3, 0.4) is 0 Å². The summed E-state index contributed by atoms with van der Waals surface area (Å²) in [7, 11) is 1.65. The lowest BCUT2D eigenvalue weighted by Gasteiger charge is -2.17. The summed E-state index contributed by atoms with van der Waals surface area (Å²) < 4.78 is 5.04. The minimum absolute atomic E-state index is 0.0158. The fraction of sp³-hybridized carbons (Fsp3) is 0.462. The molecule has 1 aromatic carbocycles. The lowest BCUT2D eigenvalue weighted by molar-refractivity contribution is -0.123. The van der Waals surface area contributed by atoms with E-state index in [1.807, 2.05) is 45.0 Å². The van der Waals surface area contributed by atoms with Crippen LogP contribution >= 0.6 is 0 Å². The average molecular weight is 221 g/mol. The van der Waals surface area contributed by atoms with Crippen molar-refractivity contribution in [1.82, 2.24) is 0 Å². The summed E-state index contributed by atoms with van der Waals surface area (Å²) in [5.74, 6) is 0.0158. The molecule has 0 spiro atoms. The first-order valence-corrected chi connectivity index (χ1v) is 5.33. The van der Waals surface area contributed by atoms with Gasteiger partial charge in [0.05, 0.1) is 6.61 Å². The first-order chi connectivity index (χ1) is 7.43. The molecule has 0 aliphatic rings. The van der Waals surface area contributed by atoms with Crippen LogP contribution in [0.5, 0.6) is 0 Å². The maximum Gasteiger partial charge on any atom is 0.229 e. The number of ether oxygens (including phenoxy) is 1. The van der Waals surface area contributed by atoms with Crippen molar-refractivity contribution in [1.29, 1.82) is 0 Å². The van der Waals surface area contributed by atoms with Crippen LogP contribution in [0.4, 0.5) is 5.69 Å². The Morgan fingerprint density at radius 2 is 2.06 bits per heavy atom. The second-order valence-corrected chi connectivity index (χ2v) is 4.84. The zero-order chi connectivity index (χ0) is 12.2. The van der Waals surface area contributed by atoms with Gasteiger partial charge in [0.2, 0.25) is 5.91 Å². The van der Waals surface area contributed by atoms with Crippen LogP contribution in [0.25, 0.3) is 0 Å². The van der Waals surface area contributed by atoms with Crippen LogP contribution in [0.2, 0.25) is 0 Å². The molecule has 0 saturated carbocycles. The second kappa shape index (κ2) is 5.12. The number of carbonyl (C=O) groups is 1. The Hall–Kier alpha value is -1.35. The second-order valence-electron chi connectivity index (χ2n) is 4.84. The number of rotatable bonds is 3. The molecule has 1 aromatic rings. The molecule has 0 aliphatic heterocycles. The molecule has 0 saturated heterocycles. The molecule has 0 bridgehead atoms. The number of hydrogen-bond acceptors (Lipinski definition) is 2. The Labute approximate surface area is 96.8 Å². The average Bonchev–Trinajstić information content (AvgIpc) is 2.17. The lowest BCUT2D eigenvalue weighted by Crippen LogP contribution is -2.27. The van der Waals surface area contributed by atoms with Crippen molar-refractivity contribution < 1.29 is 9.53 Å². The SMILES string of the molecule is COCc1cccc(NC(=O)C(C)(C)C)c1. The Balaban J connectivity index is 2.74. The first kappa shape index (κ1) is 12.7. The van der Waals surface area contributed by atoms with E-state index < -0.39 is 0 Å². The van der Waals surface area contributed by atoms with Gasteiger partial charge in [-0.1, -0.05) is 32.9 Å². The van der Waals surface area contributed by atoms with E-state index in [1.54, 1.807) is 7.11 Å². The lowest BCUT2D eigenvalue weighted by atomic mass is 9.95. The van der Waals surface area contributed by atoms with Gasteiger partial charge in [0.25, 0.3) is 0 Å². The third-order valence-corrected chi connectivity index (χ3v) is 2.18. The van der Waals surface area contributed by atoms with Gasteiger partial charge in [0.15, 0.2) is 0 Å². The summed E-state index contributed by atoms with van der Waals surface area (Å²) in [4.78, 5) is 11.8. The van der Waals surface area contributed by atoms with E-state index >= 15 is 0 Å². The minimum atomic E-state index is -0.378. The molecule has 1 N–H and O–H groups in total. The van der Waals surface area contributed by atoms with Crippen LogP contribution < -0.4 is 5.32 Å². The van der Waals surface area contributed by atoms with Gasteiger partial charge in [-0.15, -0.1) is 0 Å². The molecule has 0 fully saturated rings. The molecule has 0 heterocycles. The summed E-state index contributed by atoms with van der Waals surface area (Å²) >= 11 is 0. The summed E-state index contributed by atoms with van der Waals surface area (Å²) in [5.41, 5.74) is 1.49. The molecular weight excluding hydrogens is 202 g/mol. The van der Waals surface area contributed by atoms with Crippen molar-refractivity contribution in [3.8, 4) is 0 Å². The molecule has 1 amide bonds. The Morgan fingerprint density at radius 3 is 2.62 bits per heavy atom. The Morgan fingerprint density at radius 1 is 1.38 bits per heavy atom.